The third kappa shape index (κ3) is 3.28. The average Bonchev–Trinajstić information content (AvgIpc) is 3.01. The van der Waals surface area contributed by atoms with E-state index in [4.69, 9.17) is 15.2 Å². The van der Waals surface area contributed by atoms with Gasteiger partial charge in [-0.25, -0.2) is 4.79 Å². The molecule has 0 fully saturated rings. The number of nitrogens with two attached hydrogens (primary N) is 1. The first kappa shape index (κ1) is 16.8. The van der Waals surface area contributed by atoms with Crippen molar-refractivity contribution in [1.29, 1.82) is 0 Å². The van der Waals surface area contributed by atoms with Gasteiger partial charge in [0.2, 0.25) is 5.91 Å². The van der Waals surface area contributed by atoms with Crippen molar-refractivity contribution in [2.24, 2.45) is 5.73 Å². The van der Waals surface area contributed by atoms with E-state index in [0.29, 0.717) is 29.2 Å². The Morgan fingerprint density at radius 2 is 2.00 bits per heavy atom. The highest BCUT2D eigenvalue weighted by molar-refractivity contribution is 5.94. The van der Waals surface area contributed by atoms with E-state index in [1.165, 1.54) is 13.8 Å². The molecule has 25 heavy (non-hydrogen) atoms. The molecule has 6 heteroatoms. The third-order valence-corrected chi connectivity index (χ3v) is 4.13. The molecule has 0 saturated carbocycles. The third-order valence-electron chi connectivity index (χ3n) is 4.13. The predicted octanol–water partition coefficient (Wildman–Crippen LogP) is 2.63. The number of hydrogen-bond donors (Lipinski definition) is 2. The van der Waals surface area contributed by atoms with Gasteiger partial charge in [-0.2, -0.15) is 0 Å². The smallest absolute Gasteiger partial charge is 0.347 e. The van der Waals surface area contributed by atoms with E-state index in [-0.39, 0.29) is 0 Å². The molecule has 1 heterocycles. The quantitative estimate of drug-likeness (QED) is 0.871. The summed E-state index contributed by atoms with van der Waals surface area (Å²) >= 11 is 0. The number of fused-ring (bicyclic) bond motifs is 1. The van der Waals surface area contributed by atoms with Crippen LogP contribution in [0.1, 0.15) is 29.8 Å². The maximum atomic E-state index is 11.5. The summed E-state index contributed by atoms with van der Waals surface area (Å²) < 4.78 is 11.3. The normalized spacial score (nSPS) is 13.0. The minimum Gasteiger partial charge on any atom is -0.493 e. The lowest BCUT2D eigenvalue weighted by molar-refractivity contribution is -0.152. The van der Waals surface area contributed by atoms with E-state index < -0.39 is 17.5 Å². The van der Waals surface area contributed by atoms with Crippen LogP contribution in [0.25, 0.3) is 11.1 Å². The number of carbonyl (C=O) groups excluding carboxylic acids is 1. The molecule has 3 N–H and O–H groups in total. The summed E-state index contributed by atoms with van der Waals surface area (Å²) in [6.07, 6.45) is 0.764. The molecule has 0 bridgehead atoms. The Morgan fingerprint density at radius 1 is 1.24 bits per heavy atom. The summed E-state index contributed by atoms with van der Waals surface area (Å²) in [5, 5.41) is 9.36. The first-order valence-electron chi connectivity index (χ1n) is 7.90. The Kier molecular flexibility index (Phi) is 4.12. The van der Waals surface area contributed by atoms with Crippen LogP contribution in [0.4, 0.5) is 0 Å². The fraction of sp³-hybridized carbons (Fsp3) is 0.263. The van der Waals surface area contributed by atoms with Gasteiger partial charge in [-0.05, 0) is 43.2 Å². The Balaban J connectivity index is 2.13. The number of rotatable bonds is 5. The molecule has 0 aromatic heterocycles. The first-order chi connectivity index (χ1) is 11.8. The number of carboxylic acid groups (broad SMARTS) is 1. The van der Waals surface area contributed by atoms with E-state index in [1.54, 1.807) is 24.3 Å². The molecule has 0 unspecified atom stereocenters. The molecule has 130 valence electrons. The predicted molar refractivity (Wildman–Crippen MR) is 91.9 cm³/mol. The van der Waals surface area contributed by atoms with Crippen LogP contribution < -0.4 is 15.2 Å². The van der Waals surface area contributed by atoms with Gasteiger partial charge in [0.15, 0.2) is 5.60 Å². The highest BCUT2D eigenvalue weighted by atomic mass is 16.5. The number of carbonyl (C=O) groups is 2. The van der Waals surface area contributed by atoms with Crippen molar-refractivity contribution >= 4 is 11.9 Å². The zero-order chi connectivity index (χ0) is 18.2. The number of carboxylic acids is 1. The highest BCUT2D eigenvalue weighted by Gasteiger charge is 2.31. The SMILES string of the molecule is CC(C)(Oc1cc2c(cc1-c1cccc(C(N)=O)c1)CCO2)C(=O)O. The number of primary amides is 1. The lowest BCUT2D eigenvalue weighted by Gasteiger charge is -2.24. The molecule has 2 aromatic rings. The van der Waals surface area contributed by atoms with Gasteiger partial charge in [0.05, 0.1) is 6.61 Å². The average molecular weight is 341 g/mol. The van der Waals surface area contributed by atoms with Crippen molar-refractivity contribution in [2.45, 2.75) is 25.9 Å². The molecule has 3 rings (SSSR count). The second-order valence-corrected chi connectivity index (χ2v) is 6.42. The topological polar surface area (TPSA) is 98.9 Å². The summed E-state index contributed by atoms with van der Waals surface area (Å²) in [7, 11) is 0. The summed E-state index contributed by atoms with van der Waals surface area (Å²) in [5.41, 5.74) is 6.76. The van der Waals surface area contributed by atoms with Crippen LogP contribution in [-0.4, -0.2) is 29.2 Å². The van der Waals surface area contributed by atoms with Crippen molar-refractivity contribution in [3.05, 3.63) is 47.5 Å². The van der Waals surface area contributed by atoms with E-state index in [1.807, 2.05) is 12.1 Å². The van der Waals surface area contributed by atoms with Crippen LogP contribution in [-0.2, 0) is 11.2 Å². The molecule has 1 aliphatic rings. The first-order valence-corrected chi connectivity index (χ1v) is 7.90. The van der Waals surface area contributed by atoms with Gasteiger partial charge in [0.25, 0.3) is 0 Å². The molecule has 2 aromatic carbocycles. The Morgan fingerprint density at radius 3 is 2.68 bits per heavy atom. The lowest BCUT2D eigenvalue weighted by Crippen LogP contribution is -2.38. The molecular weight excluding hydrogens is 322 g/mol. The van der Waals surface area contributed by atoms with Gasteiger partial charge in [0, 0.05) is 23.6 Å². The zero-order valence-corrected chi connectivity index (χ0v) is 14.0. The zero-order valence-electron chi connectivity index (χ0n) is 14.0. The minimum atomic E-state index is -1.41. The fourth-order valence-electron chi connectivity index (χ4n) is 2.68. The number of ether oxygens (including phenoxy) is 2. The standard InChI is InChI=1S/C19H19NO5/c1-19(2,18(22)23)25-16-10-15-12(6-7-24-15)9-14(16)11-4-3-5-13(8-11)17(20)21/h3-5,8-10H,6-7H2,1-2H3,(H2,20,21)(H,22,23). The van der Waals surface area contributed by atoms with Crippen molar-refractivity contribution < 1.29 is 24.2 Å². The Labute approximate surface area is 145 Å². The molecule has 0 radical (unpaired) electrons. The van der Waals surface area contributed by atoms with E-state index >= 15 is 0 Å². The molecule has 0 aliphatic carbocycles. The summed E-state index contributed by atoms with van der Waals surface area (Å²) in [6, 6.07) is 10.5. The van der Waals surface area contributed by atoms with Crippen LogP contribution >= 0.6 is 0 Å². The minimum absolute atomic E-state index is 0.373. The second kappa shape index (κ2) is 6.12. The van der Waals surface area contributed by atoms with E-state index in [0.717, 1.165) is 17.5 Å². The van der Waals surface area contributed by atoms with Gasteiger partial charge in [-0.1, -0.05) is 12.1 Å². The number of amides is 1. The van der Waals surface area contributed by atoms with Crippen molar-refractivity contribution in [3.8, 4) is 22.6 Å². The maximum Gasteiger partial charge on any atom is 0.347 e. The van der Waals surface area contributed by atoms with Gasteiger partial charge in [-0.15, -0.1) is 0 Å². The summed E-state index contributed by atoms with van der Waals surface area (Å²) in [6.45, 7) is 3.53. The van der Waals surface area contributed by atoms with Crippen molar-refractivity contribution in [3.63, 3.8) is 0 Å². The molecule has 0 saturated heterocycles. The molecule has 1 amide bonds. The van der Waals surface area contributed by atoms with Crippen LogP contribution in [0.5, 0.6) is 11.5 Å². The van der Waals surface area contributed by atoms with Crippen LogP contribution in [0.3, 0.4) is 0 Å². The maximum absolute atomic E-state index is 11.5. The van der Waals surface area contributed by atoms with Gasteiger partial charge in [0.1, 0.15) is 11.5 Å². The molecule has 6 nitrogen and oxygen atoms in total. The van der Waals surface area contributed by atoms with E-state index in [2.05, 4.69) is 0 Å². The molecular formula is C19H19NO5. The summed E-state index contributed by atoms with van der Waals surface area (Å²) in [4.78, 5) is 22.9. The van der Waals surface area contributed by atoms with Crippen molar-refractivity contribution in [1.82, 2.24) is 0 Å². The van der Waals surface area contributed by atoms with Gasteiger partial charge >= 0.3 is 5.97 Å². The number of aliphatic carboxylic acids is 1. The second-order valence-electron chi connectivity index (χ2n) is 6.42. The Bertz CT molecular complexity index is 857. The number of benzene rings is 2. The van der Waals surface area contributed by atoms with Gasteiger partial charge in [-0.3, -0.25) is 4.79 Å². The van der Waals surface area contributed by atoms with Gasteiger partial charge < -0.3 is 20.3 Å². The van der Waals surface area contributed by atoms with Crippen LogP contribution in [0.15, 0.2) is 36.4 Å². The fourth-order valence-corrected chi connectivity index (χ4v) is 2.68. The monoisotopic (exact) mass is 341 g/mol. The molecule has 1 aliphatic heterocycles. The van der Waals surface area contributed by atoms with E-state index in [9.17, 15) is 14.7 Å². The molecule has 0 atom stereocenters. The van der Waals surface area contributed by atoms with Crippen LogP contribution in [0.2, 0.25) is 0 Å². The Hall–Kier alpha value is -3.02. The van der Waals surface area contributed by atoms with Crippen molar-refractivity contribution in [2.75, 3.05) is 6.61 Å². The lowest BCUT2D eigenvalue weighted by atomic mass is 9.98. The highest BCUT2D eigenvalue weighted by Crippen LogP contribution is 2.40. The number of hydrogen-bond acceptors (Lipinski definition) is 4. The van der Waals surface area contributed by atoms with Crippen LogP contribution in [0, 0.1) is 0 Å². The summed E-state index contributed by atoms with van der Waals surface area (Å²) in [5.74, 6) is -0.536. The molecule has 0 spiro atoms. The largest absolute Gasteiger partial charge is 0.493 e.